The van der Waals surface area contributed by atoms with Gasteiger partial charge in [0.25, 0.3) is 5.91 Å². The van der Waals surface area contributed by atoms with Crippen LogP contribution in [-0.2, 0) is 14.3 Å². The normalized spacial score (nSPS) is 11.5. The molecular weight excluding hydrogens is 353 g/mol. The molecule has 0 fully saturated rings. The quantitative estimate of drug-likeness (QED) is 0.539. The van der Waals surface area contributed by atoms with Gasteiger partial charge in [-0.05, 0) is 35.9 Å². The number of ether oxygens (including phenoxy) is 3. The molecule has 1 amide bonds. The summed E-state index contributed by atoms with van der Waals surface area (Å²) < 4.78 is 28.3. The van der Waals surface area contributed by atoms with Crippen molar-refractivity contribution in [3.8, 4) is 5.75 Å². The van der Waals surface area contributed by atoms with E-state index < -0.39 is 17.8 Å². The molecule has 6 nitrogen and oxygen atoms in total. The Hall–Kier alpha value is -2.93. The number of hydrogen-bond acceptors (Lipinski definition) is 5. The third-order valence-corrected chi connectivity index (χ3v) is 3.83. The number of nitrogens with one attached hydrogen (secondary N) is 1. The molecule has 0 saturated carbocycles. The molecule has 0 aromatic heterocycles. The minimum atomic E-state index is -0.649. The van der Waals surface area contributed by atoms with Crippen molar-refractivity contribution in [3.63, 3.8) is 0 Å². The first-order chi connectivity index (χ1) is 13.0. The Morgan fingerprint density at radius 3 is 2.48 bits per heavy atom. The van der Waals surface area contributed by atoms with Crippen molar-refractivity contribution in [2.24, 2.45) is 0 Å². The Morgan fingerprint density at radius 1 is 1.07 bits per heavy atom. The molecule has 0 radical (unpaired) electrons. The Bertz CT molecular complexity index is 763. The Balaban J connectivity index is 2.13. The fourth-order valence-corrected chi connectivity index (χ4v) is 2.41. The van der Waals surface area contributed by atoms with E-state index in [9.17, 15) is 14.0 Å². The second-order valence-electron chi connectivity index (χ2n) is 5.73. The van der Waals surface area contributed by atoms with E-state index in [4.69, 9.17) is 14.2 Å². The molecule has 2 aromatic carbocycles. The largest absolute Gasteiger partial charge is 0.491 e. The summed E-state index contributed by atoms with van der Waals surface area (Å²) in [6.07, 6.45) is -0.0715. The van der Waals surface area contributed by atoms with Crippen LogP contribution in [0.3, 0.4) is 0 Å². The second-order valence-corrected chi connectivity index (χ2v) is 5.73. The molecule has 0 spiro atoms. The van der Waals surface area contributed by atoms with Crippen LogP contribution < -0.4 is 10.1 Å². The number of esters is 1. The van der Waals surface area contributed by atoms with Crippen molar-refractivity contribution < 1.29 is 28.2 Å². The zero-order valence-electron chi connectivity index (χ0n) is 15.2. The molecule has 0 heterocycles. The van der Waals surface area contributed by atoms with E-state index in [0.29, 0.717) is 30.1 Å². The van der Waals surface area contributed by atoms with Crippen LogP contribution in [0, 0.1) is 5.82 Å². The van der Waals surface area contributed by atoms with Gasteiger partial charge in [-0.15, -0.1) is 0 Å². The van der Waals surface area contributed by atoms with Gasteiger partial charge in [0, 0.05) is 12.7 Å². The summed E-state index contributed by atoms with van der Waals surface area (Å²) in [5, 5.41) is 2.79. The number of methoxy groups -OCH3 is 2. The molecule has 1 N–H and O–H groups in total. The van der Waals surface area contributed by atoms with Crippen molar-refractivity contribution in [3.05, 3.63) is 65.5 Å². The Labute approximate surface area is 157 Å². The van der Waals surface area contributed by atoms with Gasteiger partial charge in [0.15, 0.2) is 0 Å². The van der Waals surface area contributed by atoms with Gasteiger partial charge in [0.05, 0.1) is 26.2 Å². The number of rotatable bonds is 9. The van der Waals surface area contributed by atoms with Gasteiger partial charge in [-0.1, -0.05) is 18.2 Å². The molecule has 0 aliphatic heterocycles. The van der Waals surface area contributed by atoms with Crippen molar-refractivity contribution in [2.45, 2.75) is 12.5 Å². The predicted octanol–water partition coefficient (Wildman–Crippen LogP) is 2.89. The molecule has 2 rings (SSSR count). The minimum absolute atomic E-state index is 0.0715. The molecule has 0 bridgehead atoms. The summed E-state index contributed by atoms with van der Waals surface area (Å²) >= 11 is 0. The molecule has 0 aliphatic carbocycles. The zero-order valence-corrected chi connectivity index (χ0v) is 15.2. The first kappa shape index (κ1) is 20.4. The third kappa shape index (κ3) is 6.38. The van der Waals surface area contributed by atoms with Crippen LogP contribution in [0.2, 0.25) is 0 Å². The van der Waals surface area contributed by atoms with Gasteiger partial charge in [-0.3, -0.25) is 9.59 Å². The highest BCUT2D eigenvalue weighted by molar-refractivity contribution is 5.95. The maximum absolute atomic E-state index is 13.2. The summed E-state index contributed by atoms with van der Waals surface area (Å²) in [7, 11) is 2.84. The highest BCUT2D eigenvalue weighted by Gasteiger charge is 2.20. The number of carbonyl (C=O) groups excluding carboxylic acids is 2. The van der Waals surface area contributed by atoms with E-state index in [1.54, 1.807) is 31.4 Å². The Kier molecular flexibility index (Phi) is 7.76. The summed E-state index contributed by atoms with van der Waals surface area (Å²) in [4.78, 5) is 24.3. The highest BCUT2D eigenvalue weighted by Crippen LogP contribution is 2.20. The van der Waals surface area contributed by atoms with Gasteiger partial charge >= 0.3 is 5.97 Å². The highest BCUT2D eigenvalue weighted by atomic mass is 19.1. The molecule has 1 atom stereocenters. The first-order valence-electron chi connectivity index (χ1n) is 8.38. The molecule has 27 heavy (non-hydrogen) atoms. The Morgan fingerprint density at radius 2 is 1.81 bits per heavy atom. The SMILES string of the molecule is COCCOc1cccc(C(=O)NC(CC(=O)OC)c2ccc(F)cc2)c1. The number of carbonyl (C=O) groups is 2. The monoisotopic (exact) mass is 375 g/mol. The molecule has 2 aromatic rings. The molecule has 1 unspecified atom stereocenters. The van der Waals surface area contributed by atoms with Gasteiger partial charge in [-0.25, -0.2) is 4.39 Å². The fraction of sp³-hybridized carbons (Fsp3) is 0.300. The average molecular weight is 375 g/mol. The molecular formula is C20H22FNO5. The van der Waals surface area contributed by atoms with Crippen LogP contribution in [0.5, 0.6) is 5.75 Å². The summed E-state index contributed by atoms with van der Waals surface area (Å²) in [6, 6.07) is 11.6. The number of halogens is 1. The molecule has 0 saturated heterocycles. The second kappa shape index (κ2) is 10.3. The minimum Gasteiger partial charge on any atom is -0.491 e. The zero-order chi connectivity index (χ0) is 19.6. The molecule has 144 valence electrons. The van der Waals surface area contributed by atoms with Crippen LogP contribution in [-0.4, -0.2) is 39.3 Å². The standard InChI is InChI=1S/C20H22FNO5/c1-25-10-11-27-17-5-3-4-15(12-17)20(24)22-18(13-19(23)26-2)14-6-8-16(21)9-7-14/h3-9,12,18H,10-11,13H2,1-2H3,(H,22,24). The van der Waals surface area contributed by atoms with E-state index in [1.807, 2.05) is 0 Å². The maximum atomic E-state index is 13.2. The lowest BCUT2D eigenvalue weighted by atomic mass is 10.0. The van der Waals surface area contributed by atoms with Crippen LogP contribution in [0.25, 0.3) is 0 Å². The lowest BCUT2D eigenvalue weighted by molar-refractivity contribution is -0.141. The van der Waals surface area contributed by atoms with E-state index in [0.717, 1.165) is 0 Å². The summed E-state index contributed by atoms with van der Waals surface area (Å²) in [6.45, 7) is 0.796. The maximum Gasteiger partial charge on any atom is 0.307 e. The van der Waals surface area contributed by atoms with Crippen LogP contribution in [0.4, 0.5) is 4.39 Å². The third-order valence-electron chi connectivity index (χ3n) is 3.83. The van der Waals surface area contributed by atoms with Crippen molar-refractivity contribution >= 4 is 11.9 Å². The smallest absolute Gasteiger partial charge is 0.307 e. The summed E-state index contributed by atoms with van der Waals surface area (Å²) in [5.41, 5.74) is 0.976. The summed E-state index contributed by atoms with van der Waals surface area (Å²) in [5.74, 6) is -0.736. The first-order valence-corrected chi connectivity index (χ1v) is 8.38. The van der Waals surface area contributed by atoms with Crippen LogP contribution in [0.1, 0.15) is 28.4 Å². The van der Waals surface area contributed by atoms with Crippen molar-refractivity contribution in [1.82, 2.24) is 5.32 Å². The van der Waals surface area contributed by atoms with Gasteiger partial charge in [0.2, 0.25) is 0 Å². The molecule has 0 aliphatic rings. The van der Waals surface area contributed by atoms with E-state index in [2.05, 4.69) is 5.32 Å². The van der Waals surface area contributed by atoms with E-state index in [1.165, 1.54) is 31.4 Å². The van der Waals surface area contributed by atoms with E-state index in [-0.39, 0.29) is 12.3 Å². The topological polar surface area (TPSA) is 73.9 Å². The van der Waals surface area contributed by atoms with Gasteiger partial charge in [-0.2, -0.15) is 0 Å². The van der Waals surface area contributed by atoms with Crippen molar-refractivity contribution in [2.75, 3.05) is 27.4 Å². The number of amides is 1. The fourth-order valence-electron chi connectivity index (χ4n) is 2.41. The van der Waals surface area contributed by atoms with Gasteiger partial charge < -0.3 is 19.5 Å². The average Bonchev–Trinajstić information content (AvgIpc) is 2.68. The predicted molar refractivity (Wildman–Crippen MR) is 97.1 cm³/mol. The lowest BCUT2D eigenvalue weighted by Gasteiger charge is -2.18. The van der Waals surface area contributed by atoms with Crippen LogP contribution in [0.15, 0.2) is 48.5 Å². The number of hydrogen-bond donors (Lipinski definition) is 1. The lowest BCUT2D eigenvalue weighted by Crippen LogP contribution is -2.30. The van der Waals surface area contributed by atoms with Crippen molar-refractivity contribution in [1.29, 1.82) is 0 Å². The molecule has 7 heteroatoms. The van der Waals surface area contributed by atoms with Gasteiger partial charge in [0.1, 0.15) is 18.2 Å². The van der Waals surface area contributed by atoms with Crippen LogP contribution >= 0.6 is 0 Å². The van der Waals surface area contributed by atoms with E-state index >= 15 is 0 Å². The number of benzene rings is 2.